The maximum absolute atomic E-state index is 13.9. The van der Waals surface area contributed by atoms with E-state index in [1.165, 1.54) is 34.7 Å². The van der Waals surface area contributed by atoms with E-state index in [2.05, 4.69) is 60.7 Å². The quantitative estimate of drug-likeness (QED) is 0.187. The first kappa shape index (κ1) is 31.9. The molecule has 1 aliphatic rings. The molecule has 0 saturated heterocycles. The van der Waals surface area contributed by atoms with Crippen LogP contribution in [-0.2, 0) is 42.8 Å². The molecule has 1 unspecified atom stereocenters. The fourth-order valence-corrected chi connectivity index (χ4v) is 5.52. The van der Waals surface area contributed by atoms with E-state index in [0.717, 1.165) is 22.4 Å². The number of non-ortho nitro benzene ring substituents is 1. The average Bonchev–Trinajstić information content (AvgIpc) is 3.43. The number of urea groups is 1. The summed E-state index contributed by atoms with van der Waals surface area (Å²) in [7, 11) is 0. The number of fused-ring (bicyclic) bond motifs is 1. The van der Waals surface area contributed by atoms with E-state index in [-0.39, 0.29) is 48.6 Å². The minimum absolute atomic E-state index is 0.0284. The lowest BCUT2D eigenvalue weighted by Crippen LogP contribution is -2.52. The van der Waals surface area contributed by atoms with Gasteiger partial charge in [-0.15, -0.1) is 0 Å². The van der Waals surface area contributed by atoms with E-state index in [1.54, 1.807) is 6.33 Å². The number of imidazole rings is 1. The number of nitro benzene ring substituents is 1. The van der Waals surface area contributed by atoms with Gasteiger partial charge in [-0.05, 0) is 33.7 Å². The lowest BCUT2D eigenvalue weighted by atomic mass is 9.87. The number of hydrogen-bond acceptors (Lipinski definition) is 6. The van der Waals surface area contributed by atoms with Crippen molar-refractivity contribution in [2.45, 2.75) is 64.8 Å². The van der Waals surface area contributed by atoms with Gasteiger partial charge in [-0.3, -0.25) is 19.7 Å². The zero-order valence-electron chi connectivity index (χ0n) is 26.0. The lowest BCUT2D eigenvalue weighted by Gasteiger charge is -2.35. The molecule has 0 bridgehead atoms. The highest BCUT2D eigenvalue weighted by molar-refractivity contribution is 5.98. The second-order valence-corrected chi connectivity index (χ2v) is 12.4. The van der Waals surface area contributed by atoms with Crippen molar-refractivity contribution in [3.05, 3.63) is 128 Å². The Hall–Kier alpha value is -5.52. The van der Waals surface area contributed by atoms with Gasteiger partial charge in [-0.1, -0.05) is 75.4 Å². The van der Waals surface area contributed by atoms with Crippen molar-refractivity contribution >= 4 is 23.5 Å². The Morgan fingerprint density at radius 2 is 1.63 bits per heavy atom. The summed E-state index contributed by atoms with van der Waals surface area (Å²) in [5.41, 5.74) is 10.5. The predicted molar refractivity (Wildman–Crippen MR) is 172 cm³/mol. The largest absolute Gasteiger partial charge is 0.352 e. The molecule has 0 saturated carbocycles. The van der Waals surface area contributed by atoms with Crippen LogP contribution in [0.15, 0.2) is 79.1 Å². The summed E-state index contributed by atoms with van der Waals surface area (Å²) in [5.74, 6) is -0.867. The van der Waals surface area contributed by atoms with Crippen molar-refractivity contribution < 1.29 is 19.3 Å². The fraction of sp³-hybridized carbons (Fsp3) is 0.294. The second kappa shape index (κ2) is 13.2. The molecule has 0 radical (unpaired) electrons. The maximum atomic E-state index is 13.9. The Bertz CT molecular complexity index is 1780. The highest BCUT2D eigenvalue weighted by Crippen LogP contribution is 2.27. The number of amides is 4. The van der Waals surface area contributed by atoms with Gasteiger partial charge < -0.3 is 25.8 Å². The number of carbonyl (C=O) groups excluding carboxylic acids is 3. The smallest absolute Gasteiger partial charge is 0.312 e. The molecule has 238 valence electrons. The predicted octanol–water partition coefficient (Wildman–Crippen LogP) is 4.19. The molecule has 0 spiro atoms. The van der Waals surface area contributed by atoms with Crippen molar-refractivity contribution in [3.8, 4) is 0 Å². The number of benzene rings is 3. The van der Waals surface area contributed by atoms with Crippen LogP contribution in [0.25, 0.3) is 0 Å². The molecule has 1 aliphatic heterocycles. The molecule has 46 heavy (non-hydrogen) atoms. The molecular weight excluding hydrogens is 586 g/mol. The van der Waals surface area contributed by atoms with Crippen molar-refractivity contribution in [2.24, 2.45) is 5.73 Å². The molecule has 0 aliphatic carbocycles. The molecule has 4 amide bonds. The van der Waals surface area contributed by atoms with E-state index in [4.69, 9.17) is 5.73 Å². The fourth-order valence-electron chi connectivity index (χ4n) is 5.52. The van der Waals surface area contributed by atoms with Crippen molar-refractivity contribution in [1.82, 2.24) is 25.1 Å². The molecule has 0 fully saturated rings. The molecule has 1 atom stereocenters. The van der Waals surface area contributed by atoms with Gasteiger partial charge in [0.2, 0.25) is 5.91 Å². The van der Waals surface area contributed by atoms with Crippen LogP contribution >= 0.6 is 0 Å². The number of nitrogens with two attached hydrogens (primary N) is 1. The summed E-state index contributed by atoms with van der Waals surface area (Å²) in [5, 5.41) is 16.9. The topological polar surface area (TPSA) is 165 Å². The molecule has 12 heteroatoms. The Balaban J connectivity index is 1.39. The van der Waals surface area contributed by atoms with Crippen LogP contribution < -0.4 is 16.4 Å². The molecular formula is C34H37N7O5. The Kier molecular flexibility index (Phi) is 9.17. The van der Waals surface area contributed by atoms with Gasteiger partial charge in [0.1, 0.15) is 6.04 Å². The number of carbonyl (C=O) groups is 3. The van der Waals surface area contributed by atoms with Crippen LogP contribution in [0, 0.1) is 10.1 Å². The Morgan fingerprint density at radius 1 is 0.957 bits per heavy atom. The van der Waals surface area contributed by atoms with Crippen LogP contribution in [0.2, 0.25) is 0 Å². The number of hydrogen-bond donors (Lipinski definition) is 3. The summed E-state index contributed by atoms with van der Waals surface area (Å²) in [4.78, 5) is 55.7. The first-order valence-corrected chi connectivity index (χ1v) is 15.0. The van der Waals surface area contributed by atoms with Crippen LogP contribution in [0.1, 0.15) is 64.8 Å². The van der Waals surface area contributed by atoms with Crippen molar-refractivity contribution in [2.75, 3.05) is 0 Å². The van der Waals surface area contributed by atoms with E-state index < -0.39 is 22.9 Å². The second-order valence-electron chi connectivity index (χ2n) is 12.4. The highest BCUT2D eigenvalue weighted by Gasteiger charge is 2.37. The summed E-state index contributed by atoms with van der Waals surface area (Å²) in [6.07, 6.45) is 1.91. The maximum Gasteiger partial charge on any atom is 0.312 e. The van der Waals surface area contributed by atoms with Gasteiger partial charge in [0.05, 0.1) is 29.2 Å². The van der Waals surface area contributed by atoms with Gasteiger partial charge in [0.15, 0.2) is 0 Å². The zero-order chi connectivity index (χ0) is 33.0. The standard InChI is InChI=1S/C34H37N7O5/c1-34(2,3)26-12-10-22(11-13-26)19-39-21-38-28-16-29(31(42)36-17-23-6-4-7-24(14-23)18-37-33(35)44)40(20-30(28)39)32(43)25-8-5-9-27(15-25)41(45)46/h4-15,21,29H,16-20H2,1-3H3,(H,36,42)(H3,35,37,44). The van der Waals surface area contributed by atoms with Crippen molar-refractivity contribution in [3.63, 3.8) is 0 Å². The Morgan fingerprint density at radius 3 is 2.28 bits per heavy atom. The molecule has 5 rings (SSSR count). The summed E-state index contributed by atoms with van der Waals surface area (Å²) < 4.78 is 1.98. The number of aromatic nitrogens is 2. The zero-order valence-corrected chi connectivity index (χ0v) is 26.0. The number of nitrogens with one attached hydrogen (secondary N) is 2. The molecule has 4 aromatic rings. The molecule has 12 nitrogen and oxygen atoms in total. The first-order chi connectivity index (χ1) is 21.9. The first-order valence-electron chi connectivity index (χ1n) is 15.0. The molecule has 3 aromatic carbocycles. The van der Waals surface area contributed by atoms with Crippen LogP contribution in [0.5, 0.6) is 0 Å². The monoisotopic (exact) mass is 623 g/mol. The third-order valence-electron chi connectivity index (χ3n) is 8.08. The lowest BCUT2D eigenvalue weighted by molar-refractivity contribution is -0.384. The molecule has 4 N–H and O–H groups in total. The third kappa shape index (κ3) is 7.40. The summed E-state index contributed by atoms with van der Waals surface area (Å²) in [6, 6.07) is 19.7. The molecule has 2 heterocycles. The number of rotatable bonds is 9. The van der Waals surface area contributed by atoms with E-state index in [0.29, 0.717) is 12.2 Å². The number of primary amides is 1. The van der Waals surface area contributed by atoms with E-state index >= 15 is 0 Å². The Labute approximate surface area is 266 Å². The molecule has 1 aromatic heterocycles. The van der Waals surface area contributed by atoms with Gasteiger partial charge in [0.25, 0.3) is 11.6 Å². The SMILES string of the molecule is CC(C)(C)c1ccc(Cn2cnc3c2CN(C(=O)c2cccc([N+](=O)[O-])c2)C(C(=O)NCc2cccc(CNC(N)=O)c2)C3)cc1. The minimum atomic E-state index is -0.895. The average molecular weight is 624 g/mol. The van der Waals surface area contributed by atoms with Gasteiger partial charge in [0, 0.05) is 43.8 Å². The number of nitro groups is 1. The number of nitrogens with zero attached hydrogens (tertiary/aromatic N) is 4. The van der Waals surface area contributed by atoms with Crippen molar-refractivity contribution in [1.29, 1.82) is 0 Å². The van der Waals surface area contributed by atoms with Crippen LogP contribution in [0.4, 0.5) is 10.5 Å². The third-order valence-corrected chi connectivity index (χ3v) is 8.08. The summed E-state index contributed by atoms with van der Waals surface area (Å²) in [6.45, 7) is 7.55. The van der Waals surface area contributed by atoms with E-state index in [1.807, 2.05) is 28.8 Å². The van der Waals surface area contributed by atoms with Gasteiger partial charge in [-0.2, -0.15) is 0 Å². The normalized spacial score (nSPS) is 14.3. The summed E-state index contributed by atoms with van der Waals surface area (Å²) >= 11 is 0. The van der Waals surface area contributed by atoms with Gasteiger partial charge in [-0.25, -0.2) is 9.78 Å². The highest BCUT2D eigenvalue weighted by atomic mass is 16.6. The van der Waals surface area contributed by atoms with Crippen LogP contribution in [0.3, 0.4) is 0 Å². The van der Waals surface area contributed by atoms with Crippen LogP contribution in [-0.4, -0.2) is 43.3 Å². The van der Waals surface area contributed by atoms with Gasteiger partial charge >= 0.3 is 6.03 Å². The minimum Gasteiger partial charge on any atom is -0.352 e. The van der Waals surface area contributed by atoms with E-state index in [9.17, 15) is 24.5 Å².